The van der Waals surface area contributed by atoms with E-state index < -0.39 is 6.10 Å². The summed E-state index contributed by atoms with van der Waals surface area (Å²) in [4.78, 5) is 12.2. The van der Waals surface area contributed by atoms with Gasteiger partial charge in [-0.05, 0) is 37.1 Å². The van der Waals surface area contributed by atoms with Crippen LogP contribution in [0.1, 0.15) is 48.0 Å². The highest BCUT2D eigenvalue weighted by molar-refractivity contribution is 5.94. The molecule has 0 bridgehead atoms. The summed E-state index contributed by atoms with van der Waals surface area (Å²) in [5, 5.41) is 13.0. The molecule has 1 aromatic carbocycles. The van der Waals surface area contributed by atoms with Crippen molar-refractivity contribution in [2.24, 2.45) is 5.73 Å². The second-order valence-electron chi connectivity index (χ2n) is 5.37. The van der Waals surface area contributed by atoms with Gasteiger partial charge < -0.3 is 16.2 Å². The smallest absolute Gasteiger partial charge is 0.251 e. The van der Waals surface area contributed by atoms with Crippen molar-refractivity contribution in [2.45, 2.75) is 44.2 Å². The number of hydrogen-bond donors (Lipinski definition) is 3. The molecule has 1 aromatic rings. The van der Waals surface area contributed by atoms with Crippen LogP contribution >= 0.6 is 0 Å². The van der Waals surface area contributed by atoms with Crippen LogP contribution in [-0.2, 0) is 0 Å². The first-order chi connectivity index (χ1) is 10.2. The number of nitrogens with one attached hydrogen (secondary N) is 1. The predicted molar refractivity (Wildman–Crippen MR) is 82.7 cm³/mol. The zero-order chi connectivity index (χ0) is 15.1. The van der Waals surface area contributed by atoms with E-state index >= 15 is 0 Å². The highest BCUT2D eigenvalue weighted by Gasteiger charge is 2.23. The van der Waals surface area contributed by atoms with E-state index in [1.165, 1.54) is 0 Å². The highest BCUT2D eigenvalue weighted by Crippen LogP contribution is 2.18. The number of rotatable bonds is 2. The standard InChI is InChI=1S/C17H22N2O2/c18-12-4-5-13-8-10-14(11-9-13)17(21)19-15-6-2-1-3-7-16(15)20/h8-11,15-16,20H,1-3,6-7,12,18H2,(H,19,21). The Morgan fingerprint density at radius 3 is 2.67 bits per heavy atom. The number of aliphatic hydroxyl groups excluding tert-OH is 1. The molecule has 2 unspecified atom stereocenters. The average Bonchev–Trinajstić information content (AvgIpc) is 2.70. The molecule has 0 radical (unpaired) electrons. The molecule has 2 atom stereocenters. The molecule has 1 saturated carbocycles. The second-order valence-corrected chi connectivity index (χ2v) is 5.37. The molecule has 21 heavy (non-hydrogen) atoms. The van der Waals surface area contributed by atoms with Gasteiger partial charge in [0.15, 0.2) is 0 Å². The van der Waals surface area contributed by atoms with Crippen molar-refractivity contribution in [1.29, 1.82) is 0 Å². The van der Waals surface area contributed by atoms with Gasteiger partial charge in [-0.3, -0.25) is 4.79 Å². The fourth-order valence-corrected chi connectivity index (χ4v) is 2.57. The molecule has 2 rings (SSSR count). The number of amides is 1. The minimum Gasteiger partial charge on any atom is -0.391 e. The largest absolute Gasteiger partial charge is 0.391 e. The Bertz CT molecular complexity index is 528. The molecule has 4 nitrogen and oxygen atoms in total. The molecule has 1 aliphatic rings. The van der Waals surface area contributed by atoms with E-state index in [1.54, 1.807) is 24.3 Å². The van der Waals surface area contributed by atoms with Gasteiger partial charge in [-0.2, -0.15) is 0 Å². The van der Waals surface area contributed by atoms with E-state index in [1.807, 2.05) is 0 Å². The van der Waals surface area contributed by atoms with Crippen LogP contribution in [0, 0.1) is 11.8 Å². The fraction of sp³-hybridized carbons (Fsp3) is 0.471. The van der Waals surface area contributed by atoms with E-state index in [2.05, 4.69) is 17.2 Å². The van der Waals surface area contributed by atoms with E-state index in [4.69, 9.17) is 5.73 Å². The summed E-state index contributed by atoms with van der Waals surface area (Å²) in [6.45, 7) is 0.321. The minimum absolute atomic E-state index is 0.140. The molecular formula is C17H22N2O2. The molecule has 1 amide bonds. The van der Waals surface area contributed by atoms with Crippen molar-refractivity contribution in [3.8, 4) is 11.8 Å². The number of nitrogens with two attached hydrogens (primary N) is 1. The zero-order valence-electron chi connectivity index (χ0n) is 12.1. The molecule has 0 aromatic heterocycles. The SMILES string of the molecule is NCC#Cc1ccc(C(=O)NC2CCCCCC2O)cc1. The van der Waals surface area contributed by atoms with Gasteiger partial charge in [0.25, 0.3) is 5.91 Å². The van der Waals surface area contributed by atoms with E-state index in [-0.39, 0.29) is 11.9 Å². The lowest BCUT2D eigenvalue weighted by Gasteiger charge is -2.21. The van der Waals surface area contributed by atoms with Crippen LogP contribution in [0.3, 0.4) is 0 Å². The maximum absolute atomic E-state index is 12.2. The monoisotopic (exact) mass is 286 g/mol. The minimum atomic E-state index is -0.439. The Morgan fingerprint density at radius 2 is 1.95 bits per heavy atom. The van der Waals surface area contributed by atoms with Gasteiger partial charge >= 0.3 is 0 Å². The summed E-state index contributed by atoms with van der Waals surface area (Å²) in [6.07, 6.45) is 4.37. The number of carbonyl (C=O) groups is 1. The van der Waals surface area contributed by atoms with Crippen molar-refractivity contribution in [3.63, 3.8) is 0 Å². The van der Waals surface area contributed by atoms with Crippen molar-refractivity contribution in [3.05, 3.63) is 35.4 Å². The Balaban J connectivity index is 1.99. The first kappa shape index (κ1) is 15.6. The summed E-state index contributed by atoms with van der Waals surface area (Å²) < 4.78 is 0. The van der Waals surface area contributed by atoms with Crippen molar-refractivity contribution >= 4 is 5.91 Å². The molecule has 0 aliphatic heterocycles. The number of benzene rings is 1. The summed E-state index contributed by atoms with van der Waals surface area (Å²) in [6, 6.07) is 6.97. The third-order valence-corrected chi connectivity index (χ3v) is 3.78. The molecule has 0 saturated heterocycles. The van der Waals surface area contributed by atoms with Crippen LogP contribution in [0.2, 0.25) is 0 Å². The second kappa shape index (κ2) is 7.82. The van der Waals surface area contributed by atoms with Gasteiger partial charge in [-0.15, -0.1) is 0 Å². The molecule has 1 fully saturated rings. The third kappa shape index (κ3) is 4.59. The van der Waals surface area contributed by atoms with Gasteiger partial charge in [-0.1, -0.05) is 31.1 Å². The fourth-order valence-electron chi connectivity index (χ4n) is 2.57. The highest BCUT2D eigenvalue weighted by atomic mass is 16.3. The van der Waals surface area contributed by atoms with Crippen LogP contribution < -0.4 is 11.1 Å². The van der Waals surface area contributed by atoms with E-state index in [0.29, 0.717) is 12.1 Å². The van der Waals surface area contributed by atoms with Crippen LogP contribution in [-0.4, -0.2) is 29.7 Å². The quantitative estimate of drug-likeness (QED) is 0.568. The summed E-state index contributed by atoms with van der Waals surface area (Å²) in [7, 11) is 0. The molecule has 0 heterocycles. The van der Waals surface area contributed by atoms with Gasteiger partial charge in [0.1, 0.15) is 0 Å². The molecule has 0 spiro atoms. The molecule has 4 heteroatoms. The maximum atomic E-state index is 12.2. The zero-order valence-corrected chi connectivity index (χ0v) is 12.1. The molecular weight excluding hydrogens is 264 g/mol. The van der Waals surface area contributed by atoms with Gasteiger partial charge in [0.05, 0.1) is 18.7 Å². The molecule has 4 N–H and O–H groups in total. The van der Waals surface area contributed by atoms with E-state index in [0.717, 1.165) is 37.7 Å². The Hall–Kier alpha value is -1.83. The summed E-state index contributed by atoms with van der Waals surface area (Å²) >= 11 is 0. The van der Waals surface area contributed by atoms with Crippen molar-refractivity contribution < 1.29 is 9.90 Å². The van der Waals surface area contributed by atoms with Gasteiger partial charge in [-0.25, -0.2) is 0 Å². The Morgan fingerprint density at radius 1 is 1.24 bits per heavy atom. The van der Waals surface area contributed by atoms with Crippen molar-refractivity contribution in [1.82, 2.24) is 5.32 Å². The lowest BCUT2D eigenvalue weighted by atomic mass is 10.0. The average molecular weight is 286 g/mol. The number of aliphatic hydroxyl groups is 1. The number of carbonyl (C=O) groups excluding carboxylic acids is 1. The lowest BCUT2D eigenvalue weighted by Crippen LogP contribution is -2.42. The lowest BCUT2D eigenvalue weighted by molar-refractivity contribution is 0.0819. The molecule has 1 aliphatic carbocycles. The summed E-state index contributed by atoms with van der Waals surface area (Å²) in [5.41, 5.74) is 6.75. The van der Waals surface area contributed by atoms with Crippen LogP contribution in [0.5, 0.6) is 0 Å². The van der Waals surface area contributed by atoms with Crippen LogP contribution in [0.25, 0.3) is 0 Å². The summed E-state index contributed by atoms with van der Waals surface area (Å²) in [5.74, 6) is 5.56. The van der Waals surface area contributed by atoms with Gasteiger partial charge in [0, 0.05) is 11.1 Å². The Kier molecular flexibility index (Phi) is 5.79. The third-order valence-electron chi connectivity index (χ3n) is 3.78. The maximum Gasteiger partial charge on any atom is 0.251 e. The number of hydrogen-bond acceptors (Lipinski definition) is 3. The van der Waals surface area contributed by atoms with Crippen LogP contribution in [0.15, 0.2) is 24.3 Å². The first-order valence-corrected chi connectivity index (χ1v) is 7.48. The normalized spacial score (nSPS) is 21.8. The van der Waals surface area contributed by atoms with Gasteiger partial charge in [0.2, 0.25) is 0 Å². The van der Waals surface area contributed by atoms with Crippen LogP contribution in [0.4, 0.5) is 0 Å². The van der Waals surface area contributed by atoms with Crippen molar-refractivity contribution in [2.75, 3.05) is 6.54 Å². The van der Waals surface area contributed by atoms with E-state index in [9.17, 15) is 9.90 Å². The topological polar surface area (TPSA) is 75.4 Å². The first-order valence-electron chi connectivity index (χ1n) is 7.48. The molecule has 112 valence electrons. The predicted octanol–water partition coefficient (Wildman–Crippen LogP) is 1.42. The Labute approximate surface area is 125 Å².